The molecular weight excluding hydrogens is 346 g/mol. The summed E-state index contributed by atoms with van der Waals surface area (Å²) < 4.78 is 10.6. The monoisotopic (exact) mass is 371 g/mol. The Hall–Kier alpha value is -2.93. The molecule has 7 nitrogen and oxygen atoms in total. The third-order valence-corrected chi connectivity index (χ3v) is 3.79. The van der Waals surface area contributed by atoms with Gasteiger partial charge in [0.1, 0.15) is 6.61 Å². The van der Waals surface area contributed by atoms with E-state index in [4.69, 9.17) is 9.47 Å². The van der Waals surface area contributed by atoms with Gasteiger partial charge in [-0.25, -0.2) is 4.98 Å². The molecule has 2 amide bonds. The van der Waals surface area contributed by atoms with Crippen LogP contribution in [-0.4, -0.2) is 55.6 Å². The van der Waals surface area contributed by atoms with E-state index in [9.17, 15) is 9.59 Å². The Labute approximate surface area is 159 Å². The second-order valence-corrected chi connectivity index (χ2v) is 6.01. The van der Waals surface area contributed by atoms with Crippen molar-refractivity contribution in [3.05, 3.63) is 59.8 Å². The summed E-state index contributed by atoms with van der Waals surface area (Å²) in [6, 6.07) is 12.9. The van der Waals surface area contributed by atoms with E-state index < -0.39 is 0 Å². The van der Waals surface area contributed by atoms with Gasteiger partial charge in [-0.3, -0.25) is 9.59 Å². The highest BCUT2D eigenvalue weighted by molar-refractivity contribution is 5.96. The molecule has 2 rings (SSSR count). The van der Waals surface area contributed by atoms with Crippen LogP contribution in [0.3, 0.4) is 0 Å². The zero-order chi connectivity index (χ0) is 19.5. The minimum atomic E-state index is -0.269. The lowest BCUT2D eigenvalue weighted by atomic mass is 10.2. The second-order valence-electron chi connectivity index (χ2n) is 6.01. The number of carbonyl (C=O) groups is 2. The number of nitrogens with zero attached hydrogens (tertiary/aromatic N) is 2. The minimum absolute atomic E-state index is 0.0195. The molecule has 1 aromatic carbocycles. The number of hydrogen-bond acceptors (Lipinski definition) is 5. The van der Waals surface area contributed by atoms with Gasteiger partial charge in [0, 0.05) is 45.1 Å². The lowest BCUT2D eigenvalue weighted by Gasteiger charge is -2.17. The number of ether oxygens (including phenoxy) is 2. The van der Waals surface area contributed by atoms with E-state index in [2.05, 4.69) is 10.3 Å². The Morgan fingerprint density at radius 3 is 2.70 bits per heavy atom. The molecule has 1 N–H and O–H groups in total. The van der Waals surface area contributed by atoms with Gasteiger partial charge in [0.15, 0.2) is 0 Å². The molecule has 1 heterocycles. The quantitative estimate of drug-likeness (QED) is 0.645. The molecule has 0 aliphatic heterocycles. The predicted octanol–water partition coefficient (Wildman–Crippen LogP) is 1.89. The SMILES string of the molecule is COCCCNC(=O)CN(C)C(=O)c1ccnc(OCc2ccccc2)c1. The molecule has 0 spiro atoms. The highest BCUT2D eigenvalue weighted by atomic mass is 16.5. The molecule has 1 aromatic heterocycles. The van der Waals surface area contributed by atoms with E-state index in [-0.39, 0.29) is 18.4 Å². The molecule has 0 saturated heterocycles. The van der Waals surface area contributed by atoms with Gasteiger partial charge in [-0.2, -0.15) is 0 Å². The molecule has 0 aliphatic carbocycles. The van der Waals surface area contributed by atoms with Crippen molar-refractivity contribution in [3.63, 3.8) is 0 Å². The summed E-state index contributed by atoms with van der Waals surface area (Å²) in [6.07, 6.45) is 2.25. The topological polar surface area (TPSA) is 80.8 Å². The molecule has 0 unspecified atom stereocenters. The van der Waals surface area contributed by atoms with Crippen molar-refractivity contribution in [2.45, 2.75) is 13.0 Å². The minimum Gasteiger partial charge on any atom is -0.473 e. The van der Waals surface area contributed by atoms with E-state index in [1.54, 1.807) is 26.3 Å². The van der Waals surface area contributed by atoms with Crippen LogP contribution in [0.15, 0.2) is 48.7 Å². The number of likely N-dealkylation sites (N-methyl/N-ethyl adjacent to an activating group) is 1. The third-order valence-electron chi connectivity index (χ3n) is 3.79. The van der Waals surface area contributed by atoms with E-state index in [1.165, 1.54) is 11.1 Å². The van der Waals surface area contributed by atoms with Gasteiger partial charge >= 0.3 is 0 Å². The normalized spacial score (nSPS) is 10.3. The Morgan fingerprint density at radius 2 is 1.96 bits per heavy atom. The van der Waals surface area contributed by atoms with Crippen molar-refractivity contribution in [2.24, 2.45) is 0 Å². The smallest absolute Gasteiger partial charge is 0.254 e. The fraction of sp³-hybridized carbons (Fsp3) is 0.350. The first kappa shape index (κ1) is 20.4. The van der Waals surface area contributed by atoms with Crippen molar-refractivity contribution in [1.29, 1.82) is 0 Å². The van der Waals surface area contributed by atoms with Gasteiger partial charge in [0.2, 0.25) is 11.8 Å². The van der Waals surface area contributed by atoms with E-state index >= 15 is 0 Å². The predicted molar refractivity (Wildman–Crippen MR) is 101 cm³/mol. The number of benzene rings is 1. The molecule has 0 saturated carbocycles. The van der Waals surface area contributed by atoms with Crippen molar-refractivity contribution in [1.82, 2.24) is 15.2 Å². The average molecular weight is 371 g/mol. The standard InChI is InChI=1S/C20H25N3O4/c1-23(14-18(24)21-10-6-12-26-2)20(25)17-9-11-22-19(13-17)27-15-16-7-4-3-5-8-16/h3-5,7-9,11,13H,6,10,12,14-15H2,1-2H3,(H,21,24). The maximum absolute atomic E-state index is 12.5. The third kappa shape index (κ3) is 7.07. The molecule has 0 fully saturated rings. The molecular formula is C20H25N3O4. The summed E-state index contributed by atoms with van der Waals surface area (Å²) in [7, 11) is 3.20. The van der Waals surface area contributed by atoms with Crippen molar-refractivity contribution in [2.75, 3.05) is 33.9 Å². The van der Waals surface area contributed by atoms with Crippen LogP contribution in [0, 0.1) is 0 Å². The van der Waals surface area contributed by atoms with Gasteiger partial charge in [-0.1, -0.05) is 30.3 Å². The van der Waals surface area contributed by atoms with Gasteiger partial charge < -0.3 is 19.7 Å². The second kappa shape index (κ2) is 10.9. The maximum atomic E-state index is 12.5. The Morgan fingerprint density at radius 1 is 1.19 bits per heavy atom. The van der Waals surface area contributed by atoms with Crippen LogP contribution in [0.2, 0.25) is 0 Å². The van der Waals surface area contributed by atoms with Crippen molar-refractivity contribution < 1.29 is 19.1 Å². The molecule has 2 aromatic rings. The number of aromatic nitrogens is 1. The largest absolute Gasteiger partial charge is 0.473 e. The van der Waals surface area contributed by atoms with Crippen LogP contribution in [0.4, 0.5) is 0 Å². The fourth-order valence-corrected chi connectivity index (χ4v) is 2.36. The highest BCUT2D eigenvalue weighted by Gasteiger charge is 2.15. The number of hydrogen-bond donors (Lipinski definition) is 1. The first-order chi connectivity index (χ1) is 13.1. The number of nitrogens with one attached hydrogen (secondary N) is 1. The zero-order valence-electron chi connectivity index (χ0n) is 15.7. The van der Waals surface area contributed by atoms with Crippen LogP contribution in [0.5, 0.6) is 5.88 Å². The first-order valence-corrected chi connectivity index (χ1v) is 8.74. The molecule has 27 heavy (non-hydrogen) atoms. The number of carbonyl (C=O) groups excluding carboxylic acids is 2. The number of pyridine rings is 1. The van der Waals surface area contributed by atoms with Crippen molar-refractivity contribution in [3.8, 4) is 5.88 Å². The van der Waals surface area contributed by atoms with Gasteiger partial charge in [0.25, 0.3) is 5.91 Å². The summed E-state index contributed by atoms with van der Waals surface area (Å²) in [5.41, 5.74) is 1.43. The molecule has 144 valence electrons. The Kier molecular flexibility index (Phi) is 8.25. The summed E-state index contributed by atoms with van der Waals surface area (Å²) >= 11 is 0. The van der Waals surface area contributed by atoms with Crippen LogP contribution < -0.4 is 10.1 Å². The number of amides is 2. The lowest BCUT2D eigenvalue weighted by Crippen LogP contribution is -2.38. The van der Waals surface area contributed by atoms with Crippen molar-refractivity contribution >= 4 is 11.8 Å². The number of methoxy groups -OCH3 is 1. The molecule has 7 heteroatoms. The fourth-order valence-electron chi connectivity index (χ4n) is 2.36. The highest BCUT2D eigenvalue weighted by Crippen LogP contribution is 2.13. The summed E-state index contributed by atoms with van der Waals surface area (Å²) in [4.78, 5) is 29.9. The Bertz CT molecular complexity index is 737. The van der Waals surface area contributed by atoms with Crippen LogP contribution >= 0.6 is 0 Å². The van der Waals surface area contributed by atoms with Gasteiger partial charge in [0.05, 0.1) is 6.54 Å². The number of rotatable bonds is 10. The van der Waals surface area contributed by atoms with Crippen LogP contribution in [0.25, 0.3) is 0 Å². The Balaban J connectivity index is 1.87. The summed E-state index contributed by atoms with van der Waals surface area (Å²) in [5, 5.41) is 2.75. The summed E-state index contributed by atoms with van der Waals surface area (Å²) in [6.45, 7) is 1.44. The molecule has 0 radical (unpaired) electrons. The first-order valence-electron chi connectivity index (χ1n) is 8.74. The summed E-state index contributed by atoms with van der Waals surface area (Å²) in [5.74, 6) is -0.118. The van der Waals surface area contributed by atoms with E-state index in [0.29, 0.717) is 31.2 Å². The molecule has 0 bridgehead atoms. The molecule has 0 aliphatic rings. The average Bonchev–Trinajstić information content (AvgIpc) is 2.70. The van der Waals surface area contributed by atoms with Gasteiger partial charge in [-0.15, -0.1) is 0 Å². The molecule has 0 atom stereocenters. The van der Waals surface area contributed by atoms with E-state index in [0.717, 1.165) is 12.0 Å². The van der Waals surface area contributed by atoms with E-state index in [1.807, 2.05) is 30.3 Å². The van der Waals surface area contributed by atoms with Crippen LogP contribution in [0.1, 0.15) is 22.3 Å². The van der Waals surface area contributed by atoms with Gasteiger partial charge in [-0.05, 0) is 18.1 Å². The lowest BCUT2D eigenvalue weighted by molar-refractivity contribution is -0.121. The zero-order valence-corrected chi connectivity index (χ0v) is 15.7. The van der Waals surface area contributed by atoms with Crippen LogP contribution in [-0.2, 0) is 16.1 Å². The maximum Gasteiger partial charge on any atom is 0.254 e.